The SMILES string of the molecule is Cn1nc(C(=O)Nc2ccc(C(=O)N3CC(O)C3)c(Cl)c2)c(C(F)(F)F)c1-c1ccccc1. The zero-order valence-electron chi connectivity index (χ0n) is 17.2. The largest absolute Gasteiger partial charge is 0.420 e. The van der Waals surface area contributed by atoms with Crippen LogP contribution in [-0.4, -0.2) is 50.8 Å². The normalized spacial score (nSPS) is 14.2. The van der Waals surface area contributed by atoms with Crippen LogP contribution in [0.1, 0.15) is 26.4 Å². The first kappa shape index (κ1) is 22.8. The van der Waals surface area contributed by atoms with Gasteiger partial charge in [0.15, 0.2) is 5.69 Å². The Kier molecular flexibility index (Phi) is 5.89. The van der Waals surface area contributed by atoms with Crippen molar-refractivity contribution in [1.82, 2.24) is 14.7 Å². The molecule has 1 saturated heterocycles. The number of aromatic nitrogens is 2. The minimum atomic E-state index is -4.83. The van der Waals surface area contributed by atoms with Crippen molar-refractivity contribution in [1.29, 1.82) is 0 Å². The van der Waals surface area contributed by atoms with E-state index in [4.69, 9.17) is 11.6 Å². The molecule has 3 aromatic rings. The van der Waals surface area contributed by atoms with Gasteiger partial charge in [0.25, 0.3) is 11.8 Å². The predicted octanol–water partition coefficient (Wildman–Crippen LogP) is 3.83. The third kappa shape index (κ3) is 4.44. The number of nitrogens with zero attached hydrogens (tertiary/aromatic N) is 3. The number of rotatable bonds is 4. The fourth-order valence-electron chi connectivity index (χ4n) is 3.63. The summed E-state index contributed by atoms with van der Waals surface area (Å²) in [4.78, 5) is 26.6. The van der Waals surface area contributed by atoms with E-state index in [0.29, 0.717) is 0 Å². The molecule has 11 heteroatoms. The van der Waals surface area contributed by atoms with Gasteiger partial charge in [-0.05, 0) is 18.2 Å². The molecule has 2 aromatic carbocycles. The molecule has 1 aliphatic heterocycles. The summed E-state index contributed by atoms with van der Waals surface area (Å²) in [6, 6.07) is 11.9. The number of alkyl halides is 3. The van der Waals surface area contributed by atoms with Crippen LogP contribution < -0.4 is 5.32 Å². The minimum absolute atomic E-state index is 0.0150. The summed E-state index contributed by atoms with van der Waals surface area (Å²) in [5.41, 5.74) is -1.64. The van der Waals surface area contributed by atoms with Crippen molar-refractivity contribution in [2.24, 2.45) is 7.05 Å². The molecule has 33 heavy (non-hydrogen) atoms. The van der Waals surface area contributed by atoms with Gasteiger partial charge in [-0.15, -0.1) is 0 Å². The van der Waals surface area contributed by atoms with Gasteiger partial charge in [-0.2, -0.15) is 18.3 Å². The number of anilines is 1. The molecule has 1 fully saturated rings. The molecule has 0 spiro atoms. The second-order valence-electron chi connectivity index (χ2n) is 7.57. The quantitative estimate of drug-likeness (QED) is 0.596. The molecule has 1 aromatic heterocycles. The molecular formula is C22H18ClF3N4O3. The Morgan fingerprint density at radius 3 is 2.39 bits per heavy atom. The van der Waals surface area contributed by atoms with Crippen molar-refractivity contribution in [3.05, 3.63) is 70.4 Å². The molecule has 0 saturated carbocycles. The van der Waals surface area contributed by atoms with Gasteiger partial charge in [0.05, 0.1) is 22.4 Å². The van der Waals surface area contributed by atoms with Crippen LogP contribution in [0.3, 0.4) is 0 Å². The molecule has 172 valence electrons. The summed E-state index contributed by atoms with van der Waals surface area (Å²) < 4.78 is 42.8. The van der Waals surface area contributed by atoms with E-state index in [1.54, 1.807) is 18.2 Å². The lowest BCUT2D eigenvalue weighted by Crippen LogP contribution is -2.53. The average Bonchev–Trinajstić information content (AvgIpc) is 3.09. The van der Waals surface area contributed by atoms with Gasteiger partial charge >= 0.3 is 6.18 Å². The van der Waals surface area contributed by atoms with Gasteiger partial charge in [0.2, 0.25) is 0 Å². The molecule has 1 aliphatic rings. The molecule has 7 nitrogen and oxygen atoms in total. The van der Waals surface area contributed by atoms with Gasteiger partial charge in [-0.1, -0.05) is 41.9 Å². The van der Waals surface area contributed by atoms with Crippen molar-refractivity contribution >= 4 is 29.1 Å². The number of aliphatic hydroxyl groups is 1. The van der Waals surface area contributed by atoms with E-state index in [1.165, 1.54) is 42.3 Å². The first-order chi connectivity index (χ1) is 15.6. The number of benzene rings is 2. The maximum atomic E-state index is 13.9. The number of aliphatic hydroxyl groups excluding tert-OH is 1. The van der Waals surface area contributed by atoms with Crippen LogP contribution >= 0.6 is 11.6 Å². The molecule has 4 rings (SSSR count). The highest BCUT2D eigenvalue weighted by Crippen LogP contribution is 2.39. The highest BCUT2D eigenvalue weighted by atomic mass is 35.5. The van der Waals surface area contributed by atoms with Gasteiger partial charge in [0.1, 0.15) is 5.56 Å². The number of likely N-dealkylation sites (tertiary alicyclic amines) is 1. The highest BCUT2D eigenvalue weighted by molar-refractivity contribution is 6.34. The average molecular weight is 479 g/mol. The Balaban J connectivity index is 1.63. The minimum Gasteiger partial charge on any atom is -0.389 e. The molecule has 2 amide bonds. The van der Waals surface area contributed by atoms with E-state index >= 15 is 0 Å². The predicted molar refractivity (Wildman–Crippen MR) is 115 cm³/mol. The van der Waals surface area contributed by atoms with Crippen LogP contribution in [0.2, 0.25) is 5.02 Å². The van der Waals surface area contributed by atoms with Gasteiger partial charge < -0.3 is 15.3 Å². The van der Waals surface area contributed by atoms with Crippen LogP contribution in [0, 0.1) is 0 Å². The lowest BCUT2D eigenvalue weighted by molar-refractivity contribution is -0.137. The van der Waals surface area contributed by atoms with E-state index < -0.39 is 29.4 Å². The van der Waals surface area contributed by atoms with Gasteiger partial charge in [-0.3, -0.25) is 14.3 Å². The molecule has 0 unspecified atom stereocenters. The van der Waals surface area contributed by atoms with Crippen LogP contribution in [0.4, 0.5) is 18.9 Å². The van der Waals surface area contributed by atoms with Crippen molar-refractivity contribution in [3.63, 3.8) is 0 Å². The Bertz CT molecular complexity index is 1220. The van der Waals surface area contributed by atoms with Crippen molar-refractivity contribution in [2.45, 2.75) is 12.3 Å². The second kappa shape index (κ2) is 8.53. The smallest absolute Gasteiger partial charge is 0.389 e. The maximum absolute atomic E-state index is 13.9. The Morgan fingerprint density at radius 2 is 1.82 bits per heavy atom. The summed E-state index contributed by atoms with van der Waals surface area (Å²) in [6.07, 6.45) is -5.41. The molecular weight excluding hydrogens is 461 g/mol. The zero-order valence-corrected chi connectivity index (χ0v) is 18.0. The standard InChI is InChI=1S/C22H18ClF3N4O3/c1-29-19(12-5-3-2-4-6-12)17(22(24,25)26)18(28-29)20(32)27-13-7-8-15(16(23)9-13)21(33)30-10-14(31)11-30/h2-9,14,31H,10-11H2,1H3,(H,27,32). The van der Waals surface area contributed by atoms with Crippen molar-refractivity contribution in [2.75, 3.05) is 18.4 Å². The highest BCUT2D eigenvalue weighted by Gasteiger charge is 2.42. The van der Waals surface area contributed by atoms with Crippen LogP contribution in [0.25, 0.3) is 11.3 Å². The summed E-state index contributed by atoms with van der Waals surface area (Å²) in [5, 5.41) is 15.6. The van der Waals surface area contributed by atoms with E-state index in [2.05, 4.69) is 10.4 Å². The number of aryl methyl sites for hydroxylation is 1. The number of halogens is 4. The molecule has 0 radical (unpaired) electrons. The molecule has 2 N–H and O–H groups in total. The second-order valence-corrected chi connectivity index (χ2v) is 7.98. The fourth-order valence-corrected chi connectivity index (χ4v) is 3.89. The topological polar surface area (TPSA) is 87.5 Å². The van der Waals surface area contributed by atoms with Crippen molar-refractivity contribution in [3.8, 4) is 11.3 Å². The van der Waals surface area contributed by atoms with E-state index in [0.717, 1.165) is 4.68 Å². The van der Waals surface area contributed by atoms with Crippen LogP contribution in [0.5, 0.6) is 0 Å². The molecule has 2 heterocycles. The van der Waals surface area contributed by atoms with Gasteiger partial charge in [-0.25, -0.2) is 0 Å². The van der Waals surface area contributed by atoms with E-state index in [-0.39, 0.29) is 46.5 Å². The third-order valence-corrected chi connectivity index (χ3v) is 5.51. The summed E-state index contributed by atoms with van der Waals surface area (Å²) in [6.45, 7) is 0.384. The monoisotopic (exact) mass is 478 g/mol. The number of hydrogen-bond donors (Lipinski definition) is 2. The van der Waals surface area contributed by atoms with E-state index in [9.17, 15) is 27.9 Å². The Hall–Kier alpha value is -3.37. The first-order valence-electron chi connectivity index (χ1n) is 9.84. The fraction of sp³-hybridized carbons (Fsp3) is 0.227. The summed E-state index contributed by atoms with van der Waals surface area (Å²) in [7, 11) is 1.33. The molecule has 0 aliphatic carbocycles. The molecule has 0 bridgehead atoms. The number of β-amino-alcohol motifs (C(OH)–C–C–N with tert-alkyl or cyclic N) is 1. The Morgan fingerprint density at radius 1 is 1.15 bits per heavy atom. The van der Waals surface area contributed by atoms with Crippen LogP contribution in [-0.2, 0) is 13.2 Å². The summed E-state index contributed by atoms with van der Waals surface area (Å²) in [5.74, 6) is -1.46. The van der Waals surface area contributed by atoms with Crippen LogP contribution in [0.15, 0.2) is 48.5 Å². The number of hydrogen-bond acceptors (Lipinski definition) is 4. The lowest BCUT2D eigenvalue weighted by Gasteiger charge is -2.36. The van der Waals surface area contributed by atoms with Gasteiger partial charge in [0, 0.05) is 31.4 Å². The maximum Gasteiger partial charge on any atom is 0.420 e. The summed E-state index contributed by atoms with van der Waals surface area (Å²) >= 11 is 6.17. The number of carbonyl (C=O) groups excluding carboxylic acids is 2. The third-order valence-electron chi connectivity index (χ3n) is 5.20. The lowest BCUT2D eigenvalue weighted by atomic mass is 10.0. The molecule has 0 atom stereocenters. The Labute approximate surface area is 191 Å². The van der Waals surface area contributed by atoms with Crippen molar-refractivity contribution < 1.29 is 27.9 Å². The van der Waals surface area contributed by atoms with E-state index in [1.807, 2.05) is 0 Å². The number of amides is 2. The number of carbonyl (C=O) groups is 2. The first-order valence-corrected chi connectivity index (χ1v) is 10.2. The zero-order chi connectivity index (χ0) is 23.9. The number of nitrogens with one attached hydrogen (secondary N) is 1.